The number of pyridine rings is 1. The molecule has 0 radical (unpaired) electrons. The van der Waals surface area contributed by atoms with Crippen LogP contribution in [0.15, 0.2) is 48.3 Å². The van der Waals surface area contributed by atoms with Crippen LogP contribution < -0.4 is 4.74 Å². The Morgan fingerprint density at radius 3 is 2.61 bits per heavy atom. The highest BCUT2D eigenvalue weighted by Crippen LogP contribution is 2.39. The fourth-order valence-electron chi connectivity index (χ4n) is 4.24. The molecule has 1 aromatic heterocycles. The highest BCUT2D eigenvalue weighted by Gasteiger charge is 2.46. The molecular weight excluding hydrogens is 422 g/mol. The van der Waals surface area contributed by atoms with Crippen LogP contribution in [0.3, 0.4) is 0 Å². The summed E-state index contributed by atoms with van der Waals surface area (Å²) < 4.78 is 10.6. The first-order valence-corrected chi connectivity index (χ1v) is 10.6. The van der Waals surface area contributed by atoms with Crippen LogP contribution in [0.4, 0.5) is 0 Å². The van der Waals surface area contributed by atoms with Gasteiger partial charge in [-0.25, -0.2) is 0 Å². The number of aromatic nitrogens is 1. The predicted octanol–water partition coefficient (Wildman–Crippen LogP) is 2.79. The minimum atomic E-state index is -0.703. The number of aliphatic hydroxyl groups excluding tert-OH is 1. The number of aryl methyl sites for hydroxylation is 1. The lowest BCUT2D eigenvalue weighted by atomic mass is 9.94. The Bertz CT molecular complexity index is 1030. The third-order valence-corrected chi connectivity index (χ3v) is 5.99. The van der Waals surface area contributed by atoms with Gasteiger partial charge >= 0.3 is 0 Å². The lowest BCUT2D eigenvalue weighted by Gasteiger charge is -2.30. The number of morpholine rings is 1. The van der Waals surface area contributed by atoms with E-state index in [9.17, 15) is 14.7 Å². The van der Waals surface area contributed by atoms with E-state index in [0.717, 1.165) is 18.7 Å². The van der Waals surface area contributed by atoms with Crippen molar-refractivity contribution >= 4 is 17.4 Å². The van der Waals surface area contributed by atoms with E-state index in [0.29, 0.717) is 43.2 Å². The van der Waals surface area contributed by atoms with Gasteiger partial charge in [-0.1, -0.05) is 13.5 Å². The van der Waals surface area contributed by atoms with Crippen LogP contribution in [0.5, 0.6) is 5.75 Å². The van der Waals surface area contributed by atoms with Gasteiger partial charge in [0, 0.05) is 44.1 Å². The number of likely N-dealkylation sites (tertiary alicyclic amines) is 1. The minimum absolute atomic E-state index is 0. The van der Waals surface area contributed by atoms with Crippen LogP contribution in [0.2, 0.25) is 0 Å². The number of amides is 1. The first kappa shape index (κ1) is 24.4. The number of hydrogen-bond donors (Lipinski definition) is 1. The molecule has 2 aliphatic rings. The number of methoxy groups -OCH3 is 1. The van der Waals surface area contributed by atoms with Crippen LogP contribution >= 0.6 is 0 Å². The first-order chi connectivity index (χ1) is 15.5. The maximum atomic E-state index is 13.1. The Balaban J connectivity index is 0.00000306. The van der Waals surface area contributed by atoms with Gasteiger partial charge in [-0.05, 0) is 42.3 Å². The van der Waals surface area contributed by atoms with Crippen LogP contribution in [0.25, 0.3) is 5.76 Å². The second kappa shape index (κ2) is 10.6. The van der Waals surface area contributed by atoms with Crippen molar-refractivity contribution in [1.82, 2.24) is 14.8 Å². The molecule has 2 aliphatic heterocycles. The van der Waals surface area contributed by atoms with E-state index in [4.69, 9.17) is 9.47 Å². The number of carbonyl (C=O) groups is 2. The van der Waals surface area contributed by atoms with Crippen LogP contribution in [0, 0.1) is 6.92 Å². The average molecular weight is 454 g/mol. The number of rotatable bonds is 6. The summed E-state index contributed by atoms with van der Waals surface area (Å²) in [5.74, 6) is -0.839. The van der Waals surface area contributed by atoms with Crippen molar-refractivity contribution in [2.24, 2.45) is 0 Å². The fourth-order valence-corrected chi connectivity index (χ4v) is 4.24. The molecule has 1 aromatic carbocycles. The molecule has 0 saturated carbocycles. The van der Waals surface area contributed by atoms with Gasteiger partial charge in [0.05, 0.1) is 31.9 Å². The van der Waals surface area contributed by atoms with Crippen molar-refractivity contribution in [3.63, 3.8) is 0 Å². The molecule has 8 heteroatoms. The molecule has 1 N–H and O–H groups in total. The molecule has 1 unspecified atom stereocenters. The zero-order valence-electron chi connectivity index (χ0n) is 18.3. The van der Waals surface area contributed by atoms with Gasteiger partial charge in [-0.3, -0.25) is 19.5 Å². The van der Waals surface area contributed by atoms with Gasteiger partial charge in [0.25, 0.3) is 11.7 Å². The SMILES string of the molecule is C.COc1ccc(C(O)=C2C(=O)C(=O)N(CCN3CCOCC3)C2c2cccnc2)c(C)c1. The molecule has 0 aliphatic carbocycles. The standard InChI is InChI=1S/C24H27N3O5.CH4/c1-16-14-18(31-2)5-6-19(16)22(28)20-21(17-4-3-7-25-15-17)27(24(30)23(20)29)9-8-26-10-12-32-13-11-26;/h3-7,14-15,21,28H,8-13H2,1-2H3;1H4. The van der Waals surface area contributed by atoms with Crippen molar-refractivity contribution in [3.8, 4) is 5.75 Å². The van der Waals surface area contributed by atoms with Gasteiger partial charge < -0.3 is 19.5 Å². The van der Waals surface area contributed by atoms with Crippen molar-refractivity contribution in [3.05, 3.63) is 65.0 Å². The quantitative estimate of drug-likeness (QED) is 0.408. The number of nitrogens with zero attached hydrogens (tertiary/aromatic N) is 3. The van der Waals surface area contributed by atoms with E-state index < -0.39 is 17.7 Å². The number of Topliss-reactive ketones (excluding diaryl/α,β-unsaturated/α-hetero) is 1. The van der Waals surface area contributed by atoms with Crippen LogP contribution in [0.1, 0.15) is 30.2 Å². The molecule has 176 valence electrons. The lowest BCUT2D eigenvalue weighted by Crippen LogP contribution is -2.42. The average Bonchev–Trinajstić information content (AvgIpc) is 3.08. The Morgan fingerprint density at radius 2 is 1.97 bits per heavy atom. The minimum Gasteiger partial charge on any atom is -0.507 e. The van der Waals surface area contributed by atoms with Crippen molar-refractivity contribution in [2.45, 2.75) is 20.4 Å². The first-order valence-electron chi connectivity index (χ1n) is 10.6. The number of benzene rings is 1. The van der Waals surface area contributed by atoms with Crippen molar-refractivity contribution in [1.29, 1.82) is 0 Å². The number of carbonyl (C=O) groups excluding carboxylic acids is 2. The van der Waals surface area contributed by atoms with Gasteiger partial charge in [0.1, 0.15) is 11.5 Å². The maximum absolute atomic E-state index is 13.1. The summed E-state index contributed by atoms with van der Waals surface area (Å²) in [4.78, 5) is 34.1. The molecule has 2 saturated heterocycles. The molecule has 1 amide bonds. The van der Waals surface area contributed by atoms with E-state index in [1.165, 1.54) is 0 Å². The summed E-state index contributed by atoms with van der Waals surface area (Å²) in [5.41, 5.74) is 2.00. The van der Waals surface area contributed by atoms with Crippen LogP contribution in [-0.4, -0.2) is 78.1 Å². The highest BCUT2D eigenvalue weighted by molar-refractivity contribution is 6.46. The second-order valence-electron chi connectivity index (χ2n) is 7.91. The summed E-state index contributed by atoms with van der Waals surface area (Å²) in [6.07, 6.45) is 3.27. The summed E-state index contributed by atoms with van der Waals surface area (Å²) >= 11 is 0. The third kappa shape index (κ3) is 4.91. The van der Waals surface area contributed by atoms with Crippen LogP contribution in [-0.2, 0) is 14.3 Å². The van der Waals surface area contributed by atoms with Gasteiger partial charge in [-0.2, -0.15) is 0 Å². The molecule has 0 spiro atoms. The molecule has 33 heavy (non-hydrogen) atoms. The number of ketones is 1. The molecule has 8 nitrogen and oxygen atoms in total. The third-order valence-electron chi connectivity index (χ3n) is 5.99. The summed E-state index contributed by atoms with van der Waals surface area (Å²) in [5, 5.41) is 11.2. The Labute approximate surface area is 194 Å². The fraction of sp³-hybridized carbons (Fsp3) is 0.400. The number of ether oxygens (including phenoxy) is 2. The van der Waals surface area contributed by atoms with Crippen molar-refractivity contribution in [2.75, 3.05) is 46.5 Å². The molecule has 2 aromatic rings. The largest absolute Gasteiger partial charge is 0.507 e. The normalized spacial score (nSPS) is 20.5. The maximum Gasteiger partial charge on any atom is 0.295 e. The zero-order valence-corrected chi connectivity index (χ0v) is 18.3. The van der Waals surface area contributed by atoms with Gasteiger partial charge in [0.2, 0.25) is 0 Å². The van der Waals surface area contributed by atoms with E-state index in [-0.39, 0.29) is 18.8 Å². The summed E-state index contributed by atoms with van der Waals surface area (Å²) in [7, 11) is 1.57. The topological polar surface area (TPSA) is 92.2 Å². The smallest absolute Gasteiger partial charge is 0.295 e. The Morgan fingerprint density at radius 1 is 1.21 bits per heavy atom. The van der Waals surface area contributed by atoms with Gasteiger partial charge in [-0.15, -0.1) is 0 Å². The number of hydrogen-bond acceptors (Lipinski definition) is 7. The van der Waals surface area contributed by atoms with E-state index in [2.05, 4.69) is 9.88 Å². The molecule has 4 rings (SSSR count). The molecule has 0 bridgehead atoms. The molecule has 2 fully saturated rings. The van der Waals surface area contributed by atoms with Crippen molar-refractivity contribution < 1.29 is 24.2 Å². The molecule has 3 heterocycles. The number of aliphatic hydroxyl groups is 1. The summed E-state index contributed by atoms with van der Waals surface area (Å²) in [6, 6.07) is 8.07. The zero-order chi connectivity index (χ0) is 22.7. The lowest BCUT2D eigenvalue weighted by molar-refractivity contribution is -0.140. The van der Waals surface area contributed by atoms with E-state index in [1.54, 1.807) is 48.7 Å². The van der Waals surface area contributed by atoms with Gasteiger partial charge in [0.15, 0.2) is 0 Å². The molecule has 1 atom stereocenters. The Hall–Kier alpha value is -3.23. The van der Waals surface area contributed by atoms with E-state index >= 15 is 0 Å². The van der Waals surface area contributed by atoms with E-state index in [1.807, 2.05) is 13.0 Å². The predicted molar refractivity (Wildman–Crippen MR) is 125 cm³/mol. The second-order valence-corrected chi connectivity index (χ2v) is 7.91. The Kier molecular flexibility index (Phi) is 7.84. The molecular formula is C25H31N3O5. The monoisotopic (exact) mass is 453 g/mol. The highest BCUT2D eigenvalue weighted by atomic mass is 16.5. The summed E-state index contributed by atoms with van der Waals surface area (Å²) in [6.45, 7) is 5.69.